The van der Waals surface area contributed by atoms with Gasteiger partial charge >= 0.3 is 0 Å². The zero-order valence-electron chi connectivity index (χ0n) is 33.7. The molecular weight excluding hydrogens is 733 g/mol. The van der Waals surface area contributed by atoms with E-state index < -0.39 is 0 Å². The monoisotopic (exact) mass is 772 g/mol. The van der Waals surface area contributed by atoms with E-state index in [1.165, 1.54) is 127 Å². The molecule has 0 N–H and O–H groups in total. The summed E-state index contributed by atoms with van der Waals surface area (Å²) in [6, 6.07) is 79.9. The van der Waals surface area contributed by atoms with E-state index in [2.05, 4.69) is 212 Å². The Labute approximate surface area is 356 Å². The average Bonchev–Trinajstić information content (AvgIpc) is 3.90. The number of fused-ring (bicyclic) bond motifs is 13. The van der Waals surface area contributed by atoms with E-state index in [-0.39, 0.29) is 5.92 Å². The van der Waals surface area contributed by atoms with Crippen molar-refractivity contribution in [2.24, 2.45) is 0 Å². The average molecular weight is 773 g/mol. The van der Waals surface area contributed by atoms with E-state index >= 15 is 0 Å². The van der Waals surface area contributed by atoms with Crippen molar-refractivity contribution in [3.63, 3.8) is 0 Å². The molecule has 13 rings (SSSR count). The Balaban J connectivity index is 1.03. The topological polar surface area (TPSA) is 0 Å². The fourth-order valence-corrected chi connectivity index (χ4v) is 11.2. The second-order valence-corrected chi connectivity index (χ2v) is 17.0. The van der Waals surface area contributed by atoms with Crippen molar-refractivity contribution in [2.45, 2.75) is 18.8 Å². The molecule has 0 aliphatic heterocycles. The fourth-order valence-electron chi connectivity index (χ4n) is 11.2. The summed E-state index contributed by atoms with van der Waals surface area (Å²) in [6.45, 7) is 0. The van der Waals surface area contributed by atoms with Crippen molar-refractivity contribution in [1.82, 2.24) is 0 Å². The molecule has 2 aliphatic rings. The van der Waals surface area contributed by atoms with E-state index in [0.29, 0.717) is 0 Å². The number of hydrogen-bond donors (Lipinski definition) is 0. The van der Waals surface area contributed by atoms with Crippen LogP contribution in [0.25, 0.3) is 87.6 Å². The minimum Gasteiger partial charge on any atom is -0.0622 e. The first-order chi connectivity index (χ1) is 30.3. The lowest BCUT2D eigenvalue weighted by Crippen LogP contribution is -2.07. The number of benzene rings is 11. The summed E-state index contributed by atoms with van der Waals surface area (Å²) < 4.78 is 0. The second kappa shape index (κ2) is 13.5. The molecule has 1 unspecified atom stereocenters. The molecule has 0 amide bonds. The Kier molecular flexibility index (Phi) is 7.60. The zero-order chi connectivity index (χ0) is 40.0. The molecule has 0 saturated carbocycles. The van der Waals surface area contributed by atoms with E-state index in [9.17, 15) is 0 Å². The maximum Gasteiger partial charge on any atom is 0.0343 e. The molecule has 11 aromatic rings. The van der Waals surface area contributed by atoms with Crippen LogP contribution in [0.1, 0.15) is 44.9 Å². The summed E-state index contributed by atoms with van der Waals surface area (Å²) in [5.74, 6) is 0.0251. The van der Waals surface area contributed by atoms with Crippen LogP contribution in [0, 0.1) is 0 Å². The summed E-state index contributed by atoms with van der Waals surface area (Å²) in [4.78, 5) is 0. The van der Waals surface area contributed by atoms with Crippen LogP contribution in [-0.4, -0.2) is 0 Å². The largest absolute Gasteiger partial charge is 0.0622 e. The summed E-state index contributed by atoms with van der Waals surface area (Å²) in [5, 5.41) is 10.5. The standard InChI is InChI=1S/C61H40/c1-2-14-38(15-3-1)39-28-30-40(31-29-39)60(43-32-33-52-49-22-9-8-20-47(49)48-21-10-11-23-50(48)55(52)36-43)53-26-13-25-51-57-35-42-17-5-7-19-45(42)61(59(57)37-58(51)53)54-27-12-24-46-44-18-6-4-16-41(44)34-56(46)54/h1-33,35-36,60H,34,37H2. The van der Waals surface area contributed by atoms with Crippen LogP contribution < -0.4 is 0 Å². The Bertz CT molecular complexity index is 3540. The predicted molar refractivity (Wildman–Crippen MR) is 258 cm³/mol. The molecule has 11 aromatic carbocycles. The van der Waals surface area contributed by atoms with Gasteiger partial charge in [0.1, 0.15) is 0 Å². The number of hydrogen-bond acceptors (Lipinski definition) is 0. The molecule has 0 heteroatoms. The van der Waals surface area contributed by atoms with Crippen LogP contribution >= 0.6 is 0 Å². The lowest BCUT2D eigenvalue weighted by molar-refractivity contribution is 0.958. The summed E-state index contributed by atoms with van der Waals surface area (Å²) >= 11 is 0. The van der Waals surface area contributed by atoms with Crippen LogP contribution in [0.2, 0.25) is 0 Å². The predicted octanol–water partition coefficient (Wildman–Crippen LogP) is 16.0. The molecule has 0 aromatic heterocycles. The minimum absolute atomic E-state index is 0.0251. The van der Waals surface area contributed by atoms with Gasteiger partial charge in [-0.1, -0.05) is 200 Å². The first kappa shape index (κ1) is 34.3. The van der Waals surface area contributed by atoms with Crippen LogP contribution in [0.15, 0.2) is 212 Å². The molecule has 2 aliphatic carbocycles. The lowest BCUT2D eigenvalue weighted by atomic mass is 9.80. The summed E-state index contributed by atoms with van der Waals surface area (Å²) in [6.07, 6.45) is 1.85. The summed E-state index contributed by atoms with van der Waals surface area (Å²) in [5.41, 5.74) is 20.5. The van der Waals surface area contributed by atoms with Crippen LogP contribution in [0.5, 0.6) is 0 Å². The number of rotatable bonds is 5. The van der Waals surface area contributed by atoms with Gasteiger partial charge < -0.3 is 0 Å². The van der Waals surface area contributed by atoms with E-state index in [4.69, 9.17) is 0 Å². The van der Waals surface area contributed by atoms with Crippen LogP contribution in [0.3, 0.4) is 0 Å². The normalized spacial score (nSPS) is 13.0. The Morgan fingerprint density at radius 1 is 0.295 bits per heavy atom. The lowest BCUT2D eigenvalue weighted by Gasteiger charge is -2.23. The van der Waals surface area contributed by atoms with Gasteiger partial charge in [0.05, 0.1) is 0 Å². The highest BCUT2D eigenvalue weighted by atomic mass is 14.3. The minimum atomic E-state index is 0.0251. The van der Waals surface area contributed by atoms with Crippen molar-refractivity contribution in [3.05, 3.63) is 251 Å². The molecule has 0 bridgehead atoms. The fraction of sp³-hybridized carbons (Fsp3) is 0.0492. The highest BCUT2D eigenvalue weighted by Gasteiger charge is 2.31. The molecule has 284 valence electrons. The molecule has 0 radical (unpaired) electrons. The molecule has 0 heterocycles. The van der Waals surface area contributed by atoms with Gasteiger partial charge in [0, 0.05) is 5.92 Å². The molecule has 1 atom stereocenters. The van der Waals surface area contributed by atoms with E-state index in [1.54, 1.807) is 0 Å². The smallest absolute Gasteiger partial charge is 0.0343 e. The maximum atomic E-state index is 2.51. The second-order valence-electron chi connectivity index (χ2n) is 17.0. The zero-order valence-corrected chi connectivity index (χ0v) is 33.7. The van der Waals surface area contributed by atoms with E-state index in [1.807, 2.05) is 0 Å². The molecule has 0 fully saturated rings. The third kappa shape index (κ3) is 5.25. The van der Waals surface area contributed by atoms with Gasteiger partial charge in [0.15, 0.2) is 0 Å². The van der Waals surface area contributed by atoms with E-state index in [0.717, 1.165) is 12.8 Å². The van der Waals surface area contributed by atoms with Gasteiger partial charge in [0.2, 0.25) is 0 Å². The van der Waals surface area contributed by atoms with Gasteiger partial charge in [-0.15, -0.1) is 0 Å². The van der Waals surface area contributed by atoms with Gasteiger partial charge in [-0.25, -0.2) is 0 Å². The van der Waals surface area contributed by atoms with Crippen molar-refractivity contribution in [2.75, 3.05) is 0 Å². The third-order valence-electron chi connectivity index (χ3n) is 13.9. The maximum absolute atomic E-state index is 2.51. The molecule has 0 saturated heterocycles. The van der Waals surface area contributed by atoms with Crippen molar-refractivity contribution in [1.29, 1.82) is 0 Å². The highest BCUT2D eigenvalue weighted by molar-refractivity contribution is 6.25. The van der Waals surface area contributed by atoms with Gasteiger partial charge in [-0.05, 0) is 152 Å². The highest BCUT2D eigenvalue weighted by Crippen LogP contribution is 2.52. The first-order valence-electron chi connectivity index (χ1n) is 21.6. The molecule has 0 nitrogen and oxygen atoms in total. The van der Waals surface area contributed by atoms with Gasteiger partial charge in [-0.2, -0.15) is 0 Å². The van der Waals surface area contributed by atoms with Crippen molar-refractivity contribution in [3.8, 4) is 44.5 Å². The molecular formula is C61H40. The van der Waals surface area contributed by atoms with Crippen LogP contribution in [0.4, 0.5) is 0 Å². The quantitative estimate of drug-likeness (QED) is 0.121. The Morgan fingerprint density at radius 2 is 0.852 bits per heavy atom. The molecule has 61 heavy (non-hydrogen) atoms. The van der Waals surface area contributed by atoms with Gasteiger partial charge in [-0.3, -0.25) is 0 Å². The molecule has 0 spiro atoms. The third-order valence-corrected chi connectivity index (χ3v) is 13.9. The SMILES string of the molecule is c1ccc(-c2ccc(C(c3ccc4c5ccccc5c5ccccc5c4c3)c3cccc4c3Cc3c-4cc4ccccc4c3-c3cccc4c3Cc3ccccc3-4)cc2)cc1. The summed E-state index contributed by atoms with van der Waals surface area (Å²) in [7, 11) is 0. The Morgan fingerprint density at radius 3 is 1.62 bits per heavy atom. The Hall–Kier alpha value is -7.54. The van der Waals surface area contributed by atoms with Gasteiger partial charge in [0.25, 0.3) is 0 Å². The van der Waals surface area contributed by atoms with Crippen molar-refractivity contribution < 1.29 is 0 Å². The first-order valence-corrected chi connectivity index (χ1v) is 21.6. The van der Waals surface area contributed by atoms with Crippen molar-refractivity contribution >= 4 is 43.1 Å². The van der Waals surface area contributed by atoms with Crippen LogP contribution in [-0.2, 0) is 12.8 Å².